The molecule has 112 valence electrons. The Morgan fingerprint density at radius 3 is 2.81 bits per heavy atom. The van der Waals surface area contributed by atoms with Crippen molar-refractivity contribution < 1.29 is 14.3 Å². The molecule has 1 aromatic carbocycles. The van der Waals surface area contributed by atoms with Crippen molar-refractivity contribution in [2.24, 2.45) is 0 Å². The fraction of sp³-hybridized carbons (Fsp3) is 0.333. The maximum Gasteiger partial charge on any atom is 0.273 e. The normalized spacial score (nSPS) is 13.7. The predicted octanol–water partition coefficient (Wildman–Crippen LogP) is 2.19. The Labute approximate surface area is 127 Å². The molecule has 1 amide bonds. The highest BCUT2D eigenvalue weighted by molar-refractivity contribution is 7.98. The van der Waals surface area contributed by atoms with E-state index in [1.807, 2.05) is 36.6 Å². The molecule has 2 N–H and O–H groups in total. The van der Waals surface area contributed by atoms with Crippen LogP contribution in [0.2, 0.25) is 0 Å². The molecule has 0 bridgehead atoms. The maximum atomic E-state index is 12.0. The topological polar surface area (TPSA) is 75.4 Å². The number of aliphatic hydroxyl groups is 1. The molecule has 0 aliphatic carbocycles. The fourth-order valence-electron chi connectivity index (χ4n) is 1.81. The fourth-order valence-corrected chi connectivity index (χ4v) is 2.54. The predicted molar refractivity (Wildman–Crippen MR) is 83.3 cm³/mol. The summed E-state index contributed by atoms with van der Waals surface area (Å²) in [6.45, 7) is 1.85. The van der Waals surface area contributed by atoms with Crippen LogP contribution in [0.1, 0.15) is 17.4 Å². The molecule has 21 heavy (non-hydrogen) atoms. The van der Waals surface area contributed by atoms with Crippen LogP contribution in [0.15, 0.2) is 41.0 Å². The molecule has 1 aromatic heterocycles. The monoisotopic (exact) mass is 306 g/mol. The molecule has 6 heteroatoms. The van der Waals surface area contributed by atoms with E-state index >= 15 is 0 Å². The summed E-state index contributed by atoms with van der Waals surface area (Å²) in [5.74, 6) is 0.584. The Kier molecular flexibility index (Phi) is 5.03. The van der Waals surface area contributed by atoms with E-state index in [2.05, 4.69) is 10.3 Å². The van der Waals surface area contributed by atoms with Crippen molar-refractivity contribution in [1.82, 2.24) is 10.3 Å². The molecule has 0 radical (unpaired) electrons. The van der Waals surface area contributed by atoms with Crippen LogP contribution >= 0.6 is 11.8 Å². The first-order valence-corrected chi connectivity index (χ1v) is 7.92. The van der Waals surface area contributed by atoms with Gasteiger partial charge in [-0.05, 0) is 25.3 Å². The second kappa shape index (κ2) is 6.78. The third kappa shape index (κ3) is 4.34. The average molecular weight is 306 g/mol. The lowest BCUT2D eigenvalue weighted by molar-refractivity contribution is 0.0722. The number of aromatic nitrogens is 1. The highest BCUT2D eigenvalue weighted by atomic mass is 32.2. The largest absolute Gasteiger partial charge is 0.444 e. The Bertz CT molecular complexity index is 596. The lowest BCUT2D eigenvalue weighted by Gasteiger charge is -2.22. The number of thioether (sulfide) groups is 1. The van der Waals surface area contributed by atoms with Gasteiger partial charge in [0.05, 0.1) is 5.60 Å². The minimum absolute atomic E-state index is 0.167. The number of benzene rings is 1. The standard InChI is InChI=1S/C15H18N2O3S/c1-15(19,10-21-2)9-16-13(18)12-8-20-14(17-12)11-6-4-3-5-7-11/h3-8,19H,9-10H2,1-2H3,(H,16,18). The first kappa shape index (κ1) is 15.6. The van der Waals surface area contributed by atoms with E-state index in [9.17, 15) is 9.90 Å². The zero-order valence-electron chi connectivity index (χ0n) is 12.0. The molecular weight excluding hydrogens is 288 g/mol. The van der Waals surface area contributed by atoms with Gasteiger partial charge in [0.1, 0.15) is 6.26 Å². The Balaban J connectivity index is 2.00. The molecule has 0 fully saturated rings. The van der Waals surface area contributed by atoms with Crippen LogP contribution in [0.5, 0.6) is 0 Å². The first-order chi connectivity index (χ1) is 10.0. The minimum Gasteiger partial charge on any atom is -0.444 e. The second-order valence-electron chi connectivity index (χ2n) is 5.02. The minimum atomic E-state index is -0.943. The van der Waals surface area contributed by atoms with E-state index in [4.69, 9.17) is 4.42 Å². The van der Waals surface area contributed by atoms with Crippen molar-refractivity contribution in [3.63, 3.8) is 0 Å². The van der Waals surface area contributed by atoms with Gasteiger partial charge in [-0.15, -0.1) is 0 Å². The van der Waals surface area contributed by atoms with Crippen LogP contribution in [0.25, 0.3) is 11.5 Å². The number of nitrogens with one attached hydrogen (secondary N) is 1. The Morgan fingerprint density at radius 2 is 2.14 bits per heavy atom. The molecule has 1 unspecified atom stereocenters. The van der Waals surface area contributed by atoms with Crippen LogP contribution in [0, 0.1) is 0 Å². The zero-order valence-corrected chi connectivity index (χ0v) is 12.8. The van der Waals surface area contributed by atoms with E-state index in [0.717, 1.165) is 5.56 Å². The van der Waals surface area contributed by atoms with Gasteiger partial charge in [-0.2, -0.15) is 11.8 Å². The van der Waals surface area contributed by atoms with Crippen molar-refractivity contribution in [2.75, 3.05) is 18.6 Å². The Morgan fingerprint density at radius 1 is 1.43 bits per heavy atom. The molecule has 2 rings (SSSR count). The summed E-state index contributed by atoms with van der Waals surface area (Å²) in [6.07, 6.45) is 3.22. The van der Waals surface area contributed by atoms with Crippen LogP contribution < -0.4 is 5.32 Å². The van der Waals surface area contributed by atoms with Gasteiger partial charge in [-0.3, -0.25) is 4.79 Å². The molecule has 0 saturated carbocycles. The van der Waals surface area contributed by atoms with Gasteiger partial charge in [0.2, 0.25) is 5.89 Å². The molecule has 1 heterocycles. The molecular formula is C15H18N2O3S. The van der Waals surface area contributed by atoms with Gasteiger partial charge in [0.15, 0.2) is 5.69 Å². The van der Waals surface area contributed by atoms with Gasteiger partial charge in [0.25, 0.3) is 5.91 Å². The summed E-state index contributed by atoms with van der Waals surface area (Å²) < 4.78 is 5.31. The van der Waals surface area contributed by atoms with Crippen LogP contribution in [-0.4, -0.2) is 40.2 Å². The van der Waals surface area contributed by atoms with E-state index in [0.29, 0.717) is 11.6 Å². The summed E-state index contributed by atoms with van der Waals surface area (Å²) in [5.41, 5.74) is 0.0703. The van der Waals surface area contributed by atoms with Crippen molar-refractivity contribution >= 4 is 17.7 Å². The number of carbonyl (C=O) groups excluding carboxylic acids is 1. The lowest BCUT2D eigenvalue weighted by Crippen LogP contribution is -2.42. The molecule has 0 aliphatic rings. The smallest absolute Gasteiger partial charge is 0.273 e. The van der Waals surface area contributed by atoms with E-state index < -0.39 is 5.60 Å². The highest BCUT2D eigenvalue weighted by Gasteiger charge is 2.22. The summed E-state index contributed by atoms with van der Waals surface area (Å²) in [7, 11) is 0. The van der Waals surface area contributed by atoms with Crippen molar-refractivity contribution in [3.8, 4) is 11.5 Å². The molecule has 0 aliphatic heterocycles. The lowest BCUT2D eigenvalue weighted by atomic mass is 10.1. The highest BCUT2D eigenvalue weighted by Crippen LogP contribution is 2.18. The average Bonchev–Trinajstić information content (AvgIpc) is 2.96. The van der Waals surface area contributed by atoms with E-state index in [1.54, 1.807) is 6.92 Å². The third-order valence-electron chi connectivity index (χ3n) is 2.84. The maximum absolute atomic E-state index is 12.0. The van der Waals surface area contributed by atoms with Gasteiger partial charge < -0.3 is 14.8 Å². The van der Waals surface area contributed by atoms with Crippen molar-refractivity contribution in [1.29, 1.82) is 0 Å². The second-order valence-corrected chi connectivity index (χ2v) is 5.88. The number of hydrogen-bond acceptors (Lipinski definition) is 5. The molecule has 1 atom stereocenters. The quantitative estimate of drug-likeness (QED) is 0.855. The number of hydrogen-bond donors (Lipinski definition) is 2. The van der Waals surface area contributed by atoms with Crippen molar-refractivity contribution in [2.45, 2.75) is 12.5 Å². The SMILES string of the molecule is CSCC(C)(O)CNC(=O)c1coc(-c2ccccc2)n1. The Hall–Kier alpha value is -1.79. The van der Waals surface area contributed by atoms with Gasteiger partial charge in [0, 0.05) is 17.9 Å². The van der Waals surface area contributed by atoms with E-state index in [1.165, 1.54) is 18.0 Å². The van der Waals surface area contributed by atoms with Gasteiger partial charge in [-0.25, -0.2) is 4.98 Å². The summed E-state index contributed by atoms with van der Waals surface area (Å²) >= 11 is 1.52. The van der Waals surface area contributed by atoms with Gasteiger partial charge >= 0.3 is 0 Å². The number of rotatable bonds is 6. The van der Waals surface area contributed by atoms with Gasteiger partial charge in [-0.1, -0.05) is 18.2 Å². The summed E-state index contributed by atoms with van der Waals surface area (Å²) in [5, 5.41) is 12.7. The van der Waals surface area contributed by atoms with Crippen molar-refractivity contribution in [3.05, 3.63) is 42.3 Å². The third-order valence-corrected chi connectivity index (χ3v) is 3.75. The molecule has 0 saturated heterocycles. The van der Waals surface area contributed by atoms with Crippen LogP contribution in [0.3, 0.4) is 0 Å². The van der Waals surface area contributed by atoms with E-state index in [-0.39, 0.29) is 18.1 Å². The summed E-state index contributed by atoms with van der Waals surface area (Å²) in [6, 6.07) is 9.36. The van der Waals surface area contributed by atoms with Crippen LogP contribution in [-0.2, 0) is 0 Å². The molecule has 0 spiro atoms. The zero-order chi connectivity index (χ0) is 15.3. The summed E-state index contributed by atoms with van der Waals surface area (Å²) in [4.78, 5) is 16.2. The molecule has 2 aromatic rings. The molecule has 5 nitrogen and oxygen atoms in total. The number of amides is 1. The number of oxazole rings is 1. The first-order valence-electron chi connectivity index (χ1n) is 6.52. The van der Waals surface area contributed by atoms with Crippen LogP contribution in [0.4, 0.5) is 0 Å². The number of nitrogens with zero attached hydrogens (tertiary/aromatic N) is 1. The number of carbonyl (C=O) groups is 1.